The molecule has 120 valence electrons. The Kier molecular flexibility index (Phi) is 5.32. The highest BCUT2D eigenvalue weighted by molar-refractivity contribution is 5.93. The van der Waals surface area contributed by atoms with Gasteiger partial charge in [0.2, 0.25) is 0 Å². The van der Waals surface area contributed by atoms with Crippen LogP contribution < -0.4 is 10.9 Å². The normalized spacial score (nSPS) is 17.3. The predicted molar refractivity (Wildman–Crippen MR) is 76.7 cm³/mol. The maximum absolute atomic E-state index is 12.0. The molecule has 1 saturated heterocycles. The molecule has 0 aliphatic carbocycles. The molecule has 1 aromatic heterocycles. The van der Waals surface area contributed by atoms with E-state index in [9.17, 15) is 14.4 Å². The number of amides is 1. The summed E-state index contributed by atoms with van der Waals surface area (Å²) in [6.07, 6.45) is 1.95. The van der Waals surface area contributed by atoms with E-state index in [1.807, 2.05) is 0 Å². The molecule has 1 aliphatic heterocycles. The van der Waals surface area contributed by atoms with Crippen molar-refractivity contribution >= 4 is 11.9 Å². The molecule has 0 aromatic carbocycles. The van der Waals surface area contributed by atoms with E-state index in [2.05, 4.69) is 5.32 Å². The zero-order valence-electron chi connectivity index (χ0n) is 12.6. The second kappa shape index (κ2) is 7.22. The molecule has 1 atom stereocenters. The fourth-order valence-corrected chi connectivity index (χ4v) is 2.35. The van der Waals surface area contributed by atoms with Crippen molar-refractivity contribution in [3.63, 3.8) is 0 Å². The van der Waals surface area contributed by atoms with Crippen LogP contribution in [0.1, 0.15) is 34.5 Å². The van der Waals surface area contributed by atoms with Crippen molar-refractivity contribution < 1.29 is 23.5 Å². The summed E-state index contributed by atoms with van der Waals surface area (Å²) in [7, 11) is 0. The molecular weight excluding hydrogens is 290 g/mol. The van der Waals surface area contributed by atoms with Crippen LogP contribution in [0, 0.1) is 13.8 Å². The first-order chi connectivity index (χ1) is 10.5. The Morgan fingerprint density at radius 1 is 1.41 bits per heavy atom. The van der Waals surface area contributed by atoms with Gasteiger partial charge in [0.15, 0.2) is 6.61 Å². The lowest BCUT2D eigenvalue weighted by molar-refractivity contribution is -0.124. The molecule has 0 unspecified atom stereocenters. The largest absolute Gasteiger partial charge is 0.452 e. The van der Waals surface area contributed by atoms with Gasteiger partial charge in [-0.15, -0.1) is 0 Å². The topological polar surface area (TPSA) is 94.8 Å². The number of rotatable bonds is 5. The second-order valence-corrected chi connectivity index (χ2v) is 5.19. The van der Waals surface area contributed by atoms with Crippen LogP contribution >= 0.6 is 0 Å². The lowest BCUT2D eigenvalue weighted by atomic mass is 10.1. The number of carbonyl (C=O) groups is 2. The van der Waals surface area contributed by atoms with Crippen LogP contribution in [0.4, 0.5) is 0 Å². The maximum atomic E-state index is 12.0. The third-order valence-corrected chi connectivity index (χ3v) is 3.42. The Bertz CT molecular complexity index is 589. The van der Waals surface area contributed by atoms with E-state index < -0.39 is 17.5 Å². The third-order valence-electron chi connectivity index (χ3n) is 3.42. The molecule has 7 nitrogen and oxygen atoms in total. The van der Waals surface area contributed by atoms with Crippen molar-refractivity contribution in [2.45, 2.75) is 32.8 Å². The van der Waals surface area contributed by atoms with Gasteiger partial charge in [-0.1, -0.05) is 0 Å². The molecule has 1 fully saturated rings. The highest BCUT2D eigenvalue weighted by atomic mass is 16.5. The van der Waals surface area contributed by atoms with Crippen molar-refractivity contribution in [3.8, 4) is 0 Å². The first kappa shape index (κ1) is 16.2. The average Bonchev–Trinajstić information content (AvgIpc) is 2.95. The zero-order valence-corrected chi connectivity index (χ0v) is 12.6. The Labute approximate surface area is 127 Å². The van der Waals surface area contributed by atoms with E-state index in [4.69, 9.17) is 13.9 Å². The van der Waals surface area contributed by atoms with Crippen LogP contribution in [0.3, 0.4) is 0 Å². The number of hydrogen-bond acceptors (Lipinski definition) is 6. The minimum atomic E-state index is -0.689. The number of carbonyl (C=O) groups excluding carboxylic acids is 2. The molecule has 1 aliphatic rings. The van der Waals surface area contributed by atoms with Gasteiger partial charge < -0.3 is 19.2 Å². The van der Waals surface area contributed by atoms with Gasteiger partial charge in [0.05, 0.1) is 6.10 Å². The van der Waals surface area contributed by atoms with Gasteiger partial charge >= 0.3 is 11.6 Å². The first-order valence-electron chi connectivity index (χ1n) is 7.14. The minimum Gasteiger partial charge on any atom is -0.452 e. The summed E-state index contributed by atoms with van der Waals surface area (Å²) in [6, 6.07) is 1.21. The molecule has 22 heavy (non-hydrogen) atoms. The zero-order chi connectivity index (χ0) is 16.1. The smallest absolute Gasteiger partial charge is 0.342 e. The van der Waals surface area contributed by atoms with Crippen LogP contribution in [-0.4, -0.2) is 37.7 Å². The standard InChI is InChI=1S/C15H19NO6/c1-9-6-13(18)22-10(2)14(9)15(19)21-8-12(17)16-7-11-4-3-5-20-11/h6,11H,3-5,7-8H2,1-2H3,(H,16,17)/t11-/m0/s1. The summed E-state index contributed by atoms with van der Waals surface area (Å²) in [6.45, 7) is 3.85. The van der Waals surface area contributed by atoms with E-state index in [1.165, 1.54) is 13.0 Å². The third kappa shape index (κ3) is 4.17. The number of hydrogen-bond donors (Lipinski definition) is 1. The highest BCUT2D eigenvalue weighted by Crippen LogP contribution is 2.12. The fourth-order valence-electron chi connectivity index (χ4n) is 2.35. The molecule has 7 heteroatoms. The fraction of sp³-hybridized carbons (Fsp3) is 0.533. The molecule has 0 radical (unpaired) electrons. The quantitative estimate of drug-likeness (QED) is 0.805. The molecular formula is C15H19NO6. The molecule has 2 rings (SSSR count). The molecule has 0 spiro atoms. The van der Waals surface area contributed by atoms with Crippen molar-refractivity contribution in [1.29, 1.82) is 0 Å². The van der Waals surface area contributed by atoms with Gasteiger partial charge in [0, 0.05) is 19.2 Å². The number of ether oxygens (including phenoxy) is 2. The van der Waals surface area contributed by atoms with Gasteiger partial charge in [-0.05, 0) is 32.3 Å². The highest BCUT2D eigenvalue weighted by Gasteiger charge is 2.19. The van der Waals surface area contributed by atoms with Crippen molar-refractivity contribution in [2.75, 3.05) is 19.8 Å². The molecule has 1 aromatic rings. The monoisotopic (exact) mass is 309 g/mol. The second-order valence-electron chi connectivity index (χ2n) is 5.19. The maximum Gasteiger partial charge on any atom is 0.342 e. The van der Waals surface area contributed by atoms with Gasteiger partial charge in [-0.2, -0.15) is 0 Å². The van der Waals surface area contributed by atoms with Gasteiger partial charge in [-0.25, -0.2) is 9.59 Å². The molecule has 0 bridgehead atoms. The van der Waals surface area contributed by atoms with Crippen LogP contribution in [0.15, 0.2) is 15.3 Å². The summed E-state index contributed by atoms with van der Waals surface area (Å²) in [5.74, 6) is -0.905. The summed E-state index contributed by atoms with van der Waals surface area (Å²) in [5, 5.41) is 2.66. The summed E-state index contributed by atoms with van der Waals surface area (Å²) in [5.41, 5.74) is 0.103. The average molecular weight is 309 g/mol. The number of nitrogens with one attached hydrogen (secondary N) is 1. The molecule has 0 saturated carbocycles. The van der Waals surface area contributed by atoms with Gasteiger partial charge in [0.25, 0.3) is 5.91 Å². The van der Waals surface area contributed by atoms with Crippen molar-refractivity contribution in [2.24, 2.45) is 0 Å². The van der Waals surface area contributed by atoms with Crippen LogP contribution in [-0.2, 0) is 14.3 Å². The summed E-state index contributed by atoms with van der Waals surface area (Å²) >= 11 is 0. The van der Waals surface area contributed by atoms with Crippen molar-refractivity contribution in [3.05, 3.63) is 33.4 Å². The van der Waals surface area contributed by atoms with E-state index in [0.717, 1.165) is 12.8 Å². The SMILES string of the molecule is Cc1cc(=O)oc(C)c1C(=O)OCC(=O)NC[C@@H]1CCCO1. The van der Waals surface area contributed by atoms with Gasteiger partial charge in [-0.3, -0.25) is 4.79 Å². The lowest BCUT2D eigenvalue weighted by Crippen LogP contribution is -2.35. The Morgan fingerprint density at radius 3 is 2.82 bits per heavy atom. The Hall–Kier alpha value is -2.15. The summed E-state index contributed by atoms with van der Waals surface area (Å²) < 4.78 is 15.2. The first-order valence-corrected chi connectivity index (χ1v) is 7.14. The minimum absolute atomic E-state index is 0.0348. The molecule has 1 amide bonds. The van der Waals surface area contributed by atoms with Crippen LogP contribution in [0.2, 0.25) is 0 Å². The van der Waals surface area contributed by atoms with E-state index in [0.29, 0.717) is 18.7 Å². The molecule has 2 heterocycles. The number of esters is 1. The van der Waals surface area contributed by atoms with Crippen LogP contribution in [0.5, 0.6) is 0 Å². The van der Waals surface area contributed by atoms with Crippen molar-refractivity contribution in [1.82, 2.24) is 5.32 Å². The molecule has 1 N–H and O–H groups in total. The van der Waals surface area contributed by atoms with Gasteiger partial charge in [0.1, 0.15) is 11.3 Å². The van der Waals surface area contributed by atoms with E-state index in [-0.39, 0.29) is 24.0 Å². The van der Waals surface area contributed by atoms with E-state index >= 15 is 0 Å². The van der Waals surface area contributed by atoms with Crippen LogP contribution in [0.25, 0.3) is 0 Å². The number of aryl methyl sites for hydroxylation is 2. The lowest BCUT2D eigenvalue weighted by Gasteiger charge is -2.11. The van der Waals surface area contributed by atoms with E-state index in [1.54, 1.807) is 6.92 Å². The Morgan fingerprint density at radius 2 is 2.18 bits per heavy atom. The predicted octanol–water partition coefficient (Wildman–Crippen LogP) is 0.709. The summed E-state index contributed by atoms with van der Waals surface area (Å²) in [4.78, 5) is 34.8. The Balaban J connectivity index is 1.84.